The van der Waals surface area contributed by atoms with Gasteiger partial charge in [-0.15, -0.1) is 0 Å². The van der Waals surface area contributed by atoms with Crippen LogP contribution in [0.3, 0.4) is 0 Å². The van der Waals surface area contributed by atoms with Crippen LogP contribution in [0.25, 0.3) is 112 Å². The van der Waals surface area contributed by atoms with Crippen LogP contribution in [-0.2, 0) is 0 Å². The lowest BCUT2D eigenvalue weighted by atomic mass is 9.84. The maximum Gasteiger partial charge on any atom is 0.0702 e. The minimum Gasteiger partial charge on any atom is -0.256 e. The highest BCUT2D eigenvalue weighted by atomic mass is 14.7. The molecular weight excluding hydrogens is 799 g/mol. The quantitative estimate of drug-likeness (QED) is 0.138. The van der Waals surface area contributed by atoms with Crippen molar-refractivity contribution in [3.8, 4) is 112 Å². The van der Waals surface area contributed by atoms with Gasteiger partial charge in [0.25, 0.3) is 0 Å². The lowest BCUT2D eigenvalue weighted by molar-refractivity contribution is 1.33. The second kappa shape index (κ2) is 18.1. The highest BCUT2D eigenvalue weighted by Gasteiger charge is 2.19. The Kier molecular flexibility index (Phi) is 9.52. The van der Waals surface area contributed by atoms with Crippen molar-refractivity contribution in [2.45, 2.75) is 0 Å². The smallest absolute Gasteiger partial charge is 0.0702 e. The number of hydrogen-bond acceptors (Lipinski definition) is 3. The summed E-state index contributed by atoms with van der Waals surface area (Å²) in [5, 5.41) is 0. The molecular formula is C63H43N3. The molecule has 3 heteroatoms. The van der Waals surface area contributed by atoms with Crippen molar-refractivity contribution in [3.05, 3.63) is 261 Å². The predicted molar refractivity (Wildman–Crippen MR) is 274 cm³/mol. The Morgan fingerprint density at radius 2 is 0.561 bits per heavy atom. The molecule has 0 aliphatic rings. The van der Waals surface area contributed by atoms with Crippen LogP contribution in [0.15, 0.2) is 261 Å². The fourth-order valence-electron chi connectivity index (χ4n) is 8.81. The molecule has 0 N–H and O–H groups in total. The van der Waals surface area contributed by atoms with Crippen LogP contribution in [0.4, 0.5) is 0 Å². The van der Waals surface area contributed by atoms with Crippen molar-refractivity contribution < 1.29 is 6.85 Å². The summed E-state index contributed by atoms with van der Waals surface area (Å²) in [7, 11) is 0. The summed E-state index contributed by atoms with van der Waals surface area (Å²) in [4.78, 5) is 13.8. The lowest BCUT2D eigenvalue weighted by Gasteiger charge is -2.19. The summed E-state index contributed by atoms with van der Waals surface area (Å²) in [6.45, 7) is 0. The Balaban J connectivity index is 1.12. The zero-order valence-electron chi connectivity index (χ0n) is 40.8. The molecule has 3 aromatic heterocycles. The molecule has 11 rings (SSSR count). The molecule has 0 aliphatic heterocycles. The van der Waals surface area contributed by atoms with E-state index in [1.54, 1.807) is 6.20 Å². The van der Waals surface area contributed by atoms with Gasteiger partial charge in [0.1, 0.15) is 0 Å². The zero-order chi connectivity index (χ0) is 48.4. The largest absolute Gasteiger partial charge is 0.256 e. The molecule has 0 spiro atoms. The molecule has 0 aliphatic carbocycles. The van der Waals surface area contributed by atoms with Gasteiger partial charge in [0.05, 0.1) is 23.9 Å². The van der Waals surface area contributed by atoms with Gasteiger partial charge in [-0.3, -0.25) is 15.0 Å². The molecule has 0 fully saturated rings. The fourth-order valence-corrected chi connectivity index (χ4v) is 8.81. The Hall–Kier alpha value is -8.79. The van der Waals surface area contributed by atoms with Crippen molar-refractivity contribution in [3.63, 3.8) is 0 Å². The molecule has 3 nitrogen and oxygen atoms in total. The topological polar surface area (TPSA) is 38.7 Å². The van der Waals surface area contributed by atoms with Gasteiger partial charge in [-0.1, -0.05) is 182 Å². The van der Waals surface area contributed by atoms with Crippen LogP contribution < -0.4 is 0 Å². The summed E-state index contributed by atoms with van der Waals surface area (Å²) in [6.07, 6.45) is 5.34. The van der Waals surface area contributed by atoms with Gasteiger partial charge < -0.3 is 0 Å². The predicted octanol–water partition coefficient (Wildman–Crippen LogP) is 16.5. The van der Waals surface area contributed by atoms with Gasteiger partial charge in [-0.25, -0.2) is 0 Å². The van der Waals surface area contributed by atoms with Crippen LogP contribution in [-0.4, -0.2) is 15.0 Å². The molecule has 11 aromatic rings. The van der Waals surface area contributed by atoms with Gasteiger partial charge in [-0.05, 0) is 139 Å². The van der Waals surface area contributed by atoms with E-state index in [9.17, 15) is 2.74 Å². The number of nitrogens with zero attached hydrogens (tertiary/aromatic N) is 3. The minimum atomic E-state index is -0.440. The molecule has 0 bridgehead atoms. The maximum atomic E-state index is 9.17. The van der Waals surface area contributed by atoms with Gasteiger partial charge in [-0.2, -0.15) is 0 Å². The van der Waals surface area contributed by atoms with Crippen LogP contribution >= 0.6 is 0 Å². The summed E-state index contributed by atoms with van der Waals surface area (Å²) in [6, 6.07) is 70.6. The van der Waals surface area contributed by atoms with Gasteiger partial charge in [0.15, 0.2) is 0 Å². The molecule has 0 amide bonds. The van der Waals surface area contributed by atoms with Crippen LogP contribution in [0.5, 0.6) is 0 Å². The average molecular weight is 847 g/mol. The van der Waals surface area contributed by atoms with Crippen molar-refractivity contribution in [2.24, 2.45) is 0 Å². The van der Waals surface area contributed by atoms with Crippen molar-refractivity contribution in [2.75, 3.05) is 0 Å². The van der Waals surface area contributed by atoms with Gasteiger partial charge in [0.2, 0.25) is 0 Å². The van der Waals surface area contributed by atoms with E-state index >= 15 is 0 Å². The summed E-state index contributed by atoms with van der Waals surface area (Å²) < 4.78 is 44.2. The Labute approximate surface area is 393 Å². The number of rotatable bonds is 10. The Bertz CT molecular complexity index is 3560. The first-order valence-corrected chi connectivity index (χ1v) is 21.9. The van der Waals surface area contributed by atoms with Crippen molar-refractivity contribution in [1.82, 2.24) is 15.0 Å². The number of aromatic nitrogens is 3. The third-order valence-corrected chi connectivity index (χ3v) is 12.0. The number of hydrogen-bond donors (Lipinski definition) is 0. The summed E-state index contributed by atoms with van der Waals surface area (Å²) in [5.74, 6) is 0. The van der Waals surface area contributed by atoms with E-state index in [-0.39, 0.29) is 17.6 Å². The zero-order valence-corrected chi connectivity index (χ0v) is 35.8. The van der Waals surface area contributed by atoms with Gasteiger partial charge >= 0.3 is 0 Å². The molecule has 310 valence electrons. The van der Waals surface area contributed by atoms with Gasteiger partial charge in [0, 0.05) is 35.3 Å². The van der Waals surface area contributed by atoms with E-state index in [0.29, 0.717) is 16.8 Å². The van der Waals surface area contributed by atoms with E-state index in [1.807, 2.05) is 103 Å². The molecule has 3 heterocycles. The standard InChI is InChI=1S/C63H43N3/c1-2-16-44(17-3-1)60-43-49(63-26-12-15-39-66-63)35-36-59(60)58-23-9-8-22-57(58)52-41-50(55-20-6-4-18-53(55)45-27-31-47(32-28-45)61-24-10-13-37-64-61)40-51(42-52)56-21-7-5-19-54(56)46-29-33-48(34-30-46)62-25-11-14-38-65-62/h1-43H/i1D,2D,3D,16D,17D. The van der Waals surface area contributed by atoms with Crippen LogP contribution in [0, 0.1) is 0 Å². The normalized spacial score (nSPS) is 12.1. The first kappa shape index (κ1) is 34.7. The lowest BCUT2D eigenvalue weighted by Crippen LogP contribution is -1.93. The third kappa shape index (κ3) is 8.14. The summed E-state index contributed by atoms with van der Waals surface area (Å²) in [5.41, 5.74) is 17.8. The average Bonchev–Trinajstić information content (AvgIpc) is 3.45. The molecule has 0 saturated heterocycles. The molecule has 0 saturated carbocycles. The molecule has 66 heavy (non-hydrogen) atoms. The number of pyridine rings is 3. The Morgan fingerprint density at radius 3 is 0.985 bits per heavy atom. The van der Waals surface area contributed by atoms with E-state index in [4.69, 9.17) is 4.11 Å². The highest BCUT2D eigenvalue weighted by molar-refractivity contribution is 5.97. The highest BCUT2D eigenvalue weighted by Crippen LogP contribution is 2.44. The Morgan fingerprint density at radius 1 is 0.227 bits per heavy atom. The van der Waals surface area contributed by atoms with E-state index in [1.165, 1.54) is 0 Å². The summed E-state index contributed by atoms with van der Waals surface area (Å²) >= 11 is 0. The monoisotopic (exact) mass is 846 g/mol. The number of benzene rings is 8. The van der Waals surface area contributed by atoms with Crippen LogP contribution in [0.2, 0.25) is 0 Å². The van der Waals surface area contributed by atoms with Crippen LogP contribution in [0.1, 0.15) is 6.85 Å². The molecule has 0 unspecified atom stereocenters. The molecule has 0 radical (unpaired) electrons. The maximum absolute atomic E-state index is 9.17. The molecule has 8 aromatic carbocycles. The van der Waals surface area contributed by atoms with E-state index < -0.39 is 18.1 Å². The van der Waals surface area contributed by atoms with Crippen molar-refractivity contribution in [1.29, 1.82) is 0 Å². The first-order chi connectivity index (χ1) is 34.8. The van der Waals surface area contributed by atoms with E-state index in [0.717, 1.165) is 89.3 Å². The van der Waals surface area contributed by atoms with Crippen molar-refractivity contribution >= 4 is 0 Å². The first-order valence-electron chi connectivity index (χ1n) is 24.4. The second-order valence-electron chi connectivity index (χ2n) is 16.0. The SMILES string of the molecule is [2H]c1c([2H])c([2H])c(-c2cc(-c3ccccn3)ccc2-c2ccccc2-c2cc(-c3ccccc3-c3ccc(-c4ccccn4)cc3)cc(-c3ccccc3-c3ccc(-c4ccccn4)cc3)c2)c([2H])c1[2H]. The molecule has 0 atom stereocenters. The second-order valence-corrected chi connectivity index (χ2v) is 16.0. The fraction of sp³-hybridized carbons (Fsp3) is 0. The minimum absolute atomic E-state index is 0.124. The van der Waals surface area contributed by atoms with E-state index in [2.05, 4.69) is 136 Å². The third-order valence-electron chi connectivity index (χ3n) is 12.0.